The maximum absolute atomic E-state index is 13.4. The third-order valence-electron chi connectivity index (χ3n) is 2.41. The fraction of sp³-hybridized carbons (Fsp3) is 0.462. The summed E-state index contributed by atoms with van der Waals surface area (Å²) < 4.78 is 50.8. The molecular formula is C13H16F4N2O. The predicted octanol–water partition coefficient (Wildman–Crippen LogP) is 3.17. The van der Waals surface area contributed by atoms with Gasteiger partial charge in [-0.2, -0.15) is 13.2 Å². The molecule has 1 rings (SSSR count). The molecule has 3 nitrogen and oxygen atoms in total. The van der Waals surface area contributed by atoms with Gasteiger partial charge in [0.15, 0.2) is 0 Å². The van der Waals surface area contributed by atoms with Crippen LogP contribution in [0.5, 0.6) is 0 Å². The largest absolute Gasteiger partial charge is 0.416 e. The molecule has 0 saturated heterocycles. The van der Waals surface area contributed by atoms with Gasteiger partial charge in [0.2, 0.25) is 5.91 Å². The minimum atomic E-state index is -4.53. The zero-order valence-corrected chi connectivity index (χ0v) is 11.1. The van der Waals surface area contributed by atoms with E-state index >= 15 is 0 Å². The Morgan fingerprint density at radius 1 is 1.30 bits per heavy atom. The van der Waals surface area contributed by atoms with Crippen LogP contribution >= 0.6 is 0 Å². The van der Waals surface area contributed by atoms with Gasteiger partial charge in [-0.15, -0.1) is 0 Å². The summed E-state index contributed by atoms with van der Waals surface area (Å²) in [6, 6.07) is 2.09. The van der Waals surface area contributed by atoms with E-state index in [4.69, 9.17) is 0 Å². The zero-order valence-electron chi connectivity index (χ0n) is 11.1. The fourth-order valence-electron chi connectivity index (χ4n) is 1.54. The van der Waals surface area contributed by atoms with E-state index in [9.17, 15) is 22.4 Å². The van der Waals surface area contributed by atoms with E-state index in [1.165, 1.54) is 0 Å². The summed E-state index contributed by atoms with van der Waals surface area (Å²) in [5.74, 6) is -1.04. The number of hydrogen-bond donors (Lipinski definition) is 2. The monoisotopic (exact) mass is 292 g/mol. The van der Waals surface area contributed by atoms with Crippen LogP contribution in [0.3, 0.4) is 0 Å². The highest BCUT2D eigenvalue weighted by molar-refractivity contribution is 5.76. The van der Waals surface area contributed by atoms with E-state index in [-0.39, 0.29) is 30.6 Å². The van der Waals surface area contributed by atoms with Crippen molar-refractivity contribution in [2.75, 3.05) is 11.9 Å². The number of anilines is 1. The molecule has 0 spiro atoms. The average molecular weight is 292 g/mol. The number of rotatable bonds is 5. The standard InChI is InChI=1S/C13H16F4N2O/c1-8(2)19-12(20)5-6-18-11-7-9(13(15,16)17)3-4-10(11)14/h3-4,7-8,18H,5-6H2,1-2H3,(H,19,20). The first-order valence-electron chi connectivity index (χ1n) is 6.10. The zero-order chi connectivity index (χ0) is 15.3. The number of carbonyl (C=O) groups excluding carboxylic acids is 1. The summed E-state index contributed by atoms with van der Waals surface area (Å²) in [6.07, 6.45) is -4.48. The van der Waals surface area contributed by atoms with Gasteiger partial charge in [-0.1, -0.05) is 0 Å². The molecule has 0 aromatic heterocycles. The number of nitrogens with one attached hydrogen (secondary N) is 2. The number of hydrogen-bond acceptors (Lipinski definition) is 2. The Hall–Kier alpha value is -1.79. The molecule has 0 atom stereocenters. The van der Waals surface area contributed by atoms with Gasteiger partial charge in [0.25, 0.3) is 0 Å². The van der Waals surface area contributed by atoms with Gasteiger partial charge in [0, 0.05) is 19.0 Å². The highest BCUT2D eigenvalue weighted by atomic mass is 19.4. The summed E-state index contributed by atoms with van der Waals surface area (Å²) >= 11 is 0. The predicted molar refractivity (Wildman–Crippen MR) is 67.8 cm³/mol. The number of carbonyl (C=O) groups is 1. The first-order chi connectivity index (χ1) is 9.20. The molecule has 0 fully saturated rings. The number of benzene rings is 1. The quantitative estimate of drug-likeness (QED) is 0.818. The number of halogens is 4. The van der Waals surface area contributed by atoms with Gasteiger partial charge in [0.05, 0.1) is 11.3 Å². The lowest BCUT2D eigenvalue weighted by atomic mass is 10.2. The molecule has 0 aliphatic heterocycles. The second kappa shape index (κ2) is 6.58. The summed E-state index contributed by atoms with van der Waals surface area (Å²) in [7, 11) is 0. The second-order valence-corrected chi connectivity index (χ2v) is 4.59. The molecule has 20 heavy (non-hydrogen) atoms. The lowest BCUT2D eigenvalue weighted by Gasteiger charge is -2.12. The molecule has 1 aromatic rings. The van der Waals surface area contributed by atoms with Crippen LogP contribution in [0.15, 0.2) is 18.2 Å². The van der Waals surface area contributed by atoms with Crippen molar-refractivity contribution in [2.45, 2.75) is 32.5 Å². The van der Waals surface area contributed by atoms with Crippen LogP contribution in [-0.2, 0) is 11.0 Å². The lowest BCUT2D eigenvalue weighted by Crippen LogP contribution is -2.31. The highest BCUT2D eigenvalue weighted by Crippen LogP contribution is 2.31. The topological polar surface area (TPSA) is 41.1 Å². The van der Waals surface area contributed by atoms with Gasteiger partial charge in [-0.25, -0.2) is 4.39 Å². The molecule has 1 aromatic carbocycles. The van der Waals surface area contributed by atoms with Crippen LogP contribution in [0.1, 0.15) is 25.8 Å². The van der Waals surface area contributed by atoms with E-state index in [2.05, 4.69) is 10.6 Å². The van der Waals surface area contributed by atoms with E-state index < -0.39 is 17.6 Å². The van der Waals surface area contributed by atoms with Crippen LogP contribution in [0.2, 0.25) is 0 Å². The molecule has 0 radical (unpaired) electrons. The number of amides is 1. The maximum Gasteiger partial charge on any atom is 0.416 e. The minimum Gasteiger partial charge on any atom is -0.382 e. The van der Waals surface area contributed by atoms with Crippen molar-refractivity contribution in [3.8, 4) is 0 Å². The molecule has 1 amide bonds. The van der Waals surface area contributed by atoms with E-state index in [1.807, 2.05) is 0 Å². The molecule has 0 unspecified atom stereocenters. The minimum absolute atomic E-state index is 0.0206. The smallest absolute Gasteiger partial charge is 0.382 e. The Kier molecular flexibility index (Phi) is 5.35. The van der Waals surface area contributed by atoms with E-state index in [0.717, 1.165) is 6.07 Å². The average Bonchev–Trinajstić information content (AvgIpc) is 2.29. The van der Waals surface area contributed by atoms with Gasteiger partial charge in [0.1, 0.15) is 5.82 Å². The lowest BCUT2D eigenvalue weighted by molar-refractivity contribution is -0.137. The normalized spacial score (nSPS) is 11.6. The number of alkyl halides is 3. The molecule has 0 bridgehead atoms. The fourth-order valence-corrected chi connectivity index (χ4v) is 1.54. The van der Waals surface area contributed by atoms with Crippen LogP contribution in [-0.4, -0.2) is 18.5 Å². The summed E-state index contributed by atoms with van der Waals surface area (Å²) in [4.78, 5) is 11.3. The third-order valence-corrected chi connectivity index (χ3v) is 2.41. The van der Waals surface area contributed by atoms with Crippen LogP contribution < -0.4 is 10.6 Å². The Bertz CT molecular complexity index is 472. The Morgan fingerprint density at radius 2 is 1.95 bits per heavy atom. The van der Waals surface area contributed by atoms with Gasteiger partial charge in [-0.3, -0.25) is 4.79 Å². The SMILES string of the molecule is CC(C)NC(=O)CCNc1cc(C(F)(F)F)ccc1F. The maximum atomic E-state index is 13.4. The van der Waals surface area contributed by atoms with E-state index in [1.54, 1.807) is 13.8 Å². The summed E-state index contributed by atoms with van der Waals surface area (Å²) in [5, 5.41) is 5.12. The van der Waals surface area contributed by atoms with Crippen molar-refractivity contribution < 1.29 is 22.4 Å². The Balaban J connectivity index is 2.62. The molecule has 0 heterocycles. The Morgan fingerprint density at radius 3 is 2.50 bits per heavy atom. The van der Waals surface area contributed by atoms with Gasteiger partial charge >= 0.3 is 6.18 Å². The van der Waals surface area contributed by atoms with Crippen molar-refractivity contribution in [3.63, 3.8) is 0 Å². The second-order valence-electron chi connectivity index (χ2n) is 4.59. The van der Waals surface area contributed by atoms with Crippen LogP contribution in [0.25, 0.3) is 0 Å². The first kappa shape index (κ1) is 16.3. The molecule has 112 valence electrons. The van der Waals surface area contributed by atoms with Gasteiger partial charge in [-0.05, 0) is 32.0 Å². The molecule has 0 aliphatic carbocycles. The summed E-state index contributed by atoms with van der Waals surface area (Å²) in [5.41, 5.74) is -1.20. The molecular weight excluding hydrogens is 276 g/mol. The van der Waals surface area contributed by atoms with Crippen molar-refractivity contribution in [3.05, 3.63) is 29.6 Å². The molecule has 0 aliphatic rings. The highest BCUT2D eigenvalue weighted by Gasteiger charge is 2.31. The van der Waals surface area contributed by atoms with Crippen molar-refractivity contribution >= 4 is 11.6 Å². The van der Waals surface area contributed by atoms with Crippen molar-refractivity contribution in [1.29, 1.82) is 0 Å². The van der Waals surface area contributed by atoms with E-state index in [0.29, 0.717) is 12.1 Å². The molecule has 7 heteroatoms. The Labute approximate surface area is 114 Å². The van der Waals surface area contributed by atoms with Crippen molar-refractivity contribution in [2.24, 2.45) is 0 Å². The van der Waals surface area contributed by atoms with Crippen molar-refractivity contribution in [1.82, 2.24) is 5.32 Å². The molecule has 2 N–H and O–H groups in total. The first-order valence-corrected chi connectivity index (χ1v) is 6.10. The van der Waals surface area contributed by atoms with Gasteiger partial charge < -0.3 is 10.6 Å². The third kappa shape index (κ3) is 5.07. The molecule has 0 saturated carbocycles. The van der Waals surface area contributed by atoms with Crippen LogP contribution in [0.4, 0.5) is 23.2 Å². The summed E-state index contributed by atoms with van der Waals surface area (Å²) in [6.45, 7) is 3.63. The van der Waals surface area contributed by atoms with Crippen LogP contribution in [0, 0.1) is 5.82 Å².